The predicted molar refractivity (Wildman–Crippen MR) is 86.9 cm³/mol. The van der Waals surface area contributed by atoms with Gasteiger partial charge in [-0.3, -0.25) is 0 Å². The summed E-state index contributed by atoms with van der Waals surface area (Å²) in [6.45, 7) is 11.3. The second-order valence-electron chi connectivity index (χ2n) is 6.09. The van der Waals surface area contributed by atoms with Gasteiger partial charge in [0.05, 0.1) is 0 Å². The number of benzene rings is 1. The second-order valence-corrected chi connectivity index (χ2v) is 6.94. The maximum Gasteiger partial charge on any atom is 0.0377 e. The molecule has 1 aliphatic rings. The van der Waals surface area contributed by atoms with Crippen molar-refractivity contribution >= 4 is 21.6 Å². The minimum Gasteiger partial charge on any atom is -0.371 e. The van der Waals surface area contributed by atoms with Crippen LogP contribution in [0.15, 0.2) is 22.7 Å². The normalized spacial score (nSPS) is 19.4. The van der Waals surface area contributed by atoms with E-state index in [1.54, 1.807) is 0 Å². The van der Waals surface area contributed by atoms with Gasteiger partial charge < -0.3 is 10.2 Å². The van der Waals surface area contributed by atoms with Crippen LogP contribution < -0.4 is 10.2 Å². The molecule has 1 aromatic carbocycles. The summed E-state index contributed by atoms with van der Waals surface area (Å²) in [6.07, 6.45) is 1.30. The van der Waals surface area contributed by atoms with E-state index < -0.39 is 0 Å². The molecule has 1 aliphatic heterocycles. The summed E-state index contributed by atoms with van der Waals surface area (Å²) in [5, 5.41) is 3.58. The Hall–Kier alpha value is -0.540. The predicted octanol–water partition coefficient (Wildman–Crippen LogP) is 3.83. The molecule has 1 unspecified atom stereocenters. The van der Waals surface area contributed by atoms with Gasteiger partial charge in [0.15, 0.2) is 0 Å². The van der Waals surface area contributed by atoms with E-state index in [1.165, 1.54) is 35.2 Å². The maximum absolute atomic E-state index is 3.63. The van der Waals surface area contributed by atoms with E-state index in [2.05, 4.69) is 65.1 Å². The highest BCUT2D eigenvalue weighted by Gasteiger charge is 2.22. The van der Waals surface area contributed by atoms with Gasteiger partial charge in [0.2, 0.25) is 0 Å². The molecule has 1 saturated heterocycles. The first-order valence-corrected chi connectivity index (χ1v) is 8.07. The SMILES string of the molecule is Cc1ccc(N2CCC(CNCC(C)C)C2)cc1Br. The van der Waals surface area contributed by atoms with Crippen LogP contribution in [0.3, 0.4) is 0 Å². The highest BCUT2D eigenvalue weighted by Crippen LogP contribution is 2.27. The van der Waals surface area contributed by atoms with Crippen LogP contribution in [0.4, 0.5) is 5.69 Å². The van der Waals surface area contributed by atoms with Crippen LogP contribution in [0.25, 0.3) is 0 Å². The maximum atomic E-state index is 3.63. The number of hydrogen-bond donors (Lipinski definition) is 1. The Bertz CT molecular complexity index is 417. The number of hydrogen-bond acceptors (Lipinski definition) is 2. The number of nitrogens with one attached hydrogen (secondary N) is 1. The molecule has 1 aromatic rings. The minimum absolute atomic E-state index is 0.741. The Morgan fingerprint density at radius 2 is 2.21 bits per heavy atom. The molecule has 0 radical (unpaired) electrons. The Labute approximate surface area is 125 Å². The first-order chi connectivity index (χ1) is 9.06. The zero-order valence-electron chi connectivity index (χ0n) is 12.2. The van der Waals surface area contributed by atoms with Crippen molar-refractivity contribution in [1.82, 2.24) is 5.32 Å². The lowest BCUT2D eigenvalue weighted by Crippen LogP contribution is -2.28. The molecular formula is C16H25BrN2. The average molecular weight is 325 g/mol. The molecular weight excluding hydrogens is 300 g/mol. The smallest absolute Gasteiger partial charge is 0.0377 e. The summed E-state index contributed by atoms with van der Waals surface area (Å²) in [5.74, 6) is 1.53. The largest absolute Gasteiger partial charge is 0.371 e. The Morgan fingerprint density at radius 3 is 2.89 bits per heavy atom. The fraction of sp³-hybridized carbons (Fsp3) is 0.625. The third-order valence-corrected chi connectivity index (χ3v) is 4.65. The molecule has 1 atom stereocenters. The fourth-order valence-corrected chi connectivity index (χ4v) is 2.96. The number of anilines is 1. The summed E-state index contributed by atoms with van der Waals surface area (Å²) in [5.41, 5.74) is 2.65. The van der Waals surface area contributed by atoms with Crippen LogP contribution in [0, 0.1) is 18.8 Å². The quantitative estimate of drug-likeness (QED) is 0.885. The van der Waals surface area contributed by atoms with E-state index >= 15 is 0 Å². The third-order valence-electron chi connectivity index (χ3n) is 3.79. The molecule has 0 aliphatic carbocycles. The molecule has 19 heavy (non-hydrogen) atoms. The number of halogens is 1. The van der Waals surface area contributed by atoms with E-state index in [0.29, 0.717) is 0 Å². The lowest BCUT2D eigenvalue weighted by atomic mass is 10.1. The fourth-order valence-electron chi connectivity index (χ4n) is 2.59. The summed E-state index contributed by atoms with van der Waals surface area (Å²) >= 11 is 3.63. The van der Waals surface area contributed by atoms with Gasteiger partial charge in [0, 0.05) is 23.2 Å². The molecule has 0 amide bonds. The molecule has 1 heterocycles. The first kappa shape index (κ1) is 14.9. The standard InChI is InChI=1S/C16H25BrN2/c1-12(2)9-18-10-14-6-7-19(11-14)15-5-4-13(3)16(17)8-15/h4-5,8,12,14,18H,6-7,9-11H2,1-3H3. The summed E-state index contributed by atoms with van der Waals surface area (Å²) < 4.78 is 1.21. The van der Waals surface area contributed by atoms with Crippen LogP contribution in [0.1, 0.15) is 25.8 Å². The van der Waals surface area contributed by atoms with Crippen molar-refractivity contribution < 1.29 is 0 Å². The van der Waals surface area contributed by atoms with Crippen LogP contribution in [0.2, 0.25) is 0 Å². The van der Waals surface area contributed by atoms with Gasteiger partial charge in [0.1, 0.15) is 0 Å². The van der Waals surface area contributed by atoms with Gasteiger partial charge in [-0.2, -0.15) is 0 Å². The highest BCUT2D eigenvalue weighted by molar-refractivity contribution is 9.10. The van der Waals surface area contributed by atoms with E-state index in [4.69, 9.17) is 0 Å². The van der Waals surface area contributed by atoms with Gasteiger partial charge in [-0.1, -0.05) is 35.8 Å². The molecule has 2 nitrogen and oxygen atoms in total. The molecule has 3 heteroatoms. The number of rotatable bonds is 5. The van der Waals surface area contributed by atoms with Gasteiger partial charge in [-0.05, 0) is 56.0 Å². The summed E-state index contributed by atoms with van der Waals surface area (Å²) in [4.78, 5) is 2.51. The molecule has 1 N–H and O–H groups in total. The second kappa shape index (κ2) is 6.76. The van der Waals surface area contributed by atoms with E-state index in [1.807, 2.05) is 0 Å². The first-order valence-electron chi connectivity index (χ1n) is 7.28. The molecule has 1 fully saturated rings. The van der Waals surface area contributed by atoms with E-state index in [0.717, 1.165) is 24.9 Å². The van der Waals surface area contributed by atoms with Crippen molar-refractivity contribution in [2.75, 3.05) is 31.1 Å². The van der Waals surface area contributed by atoms with Crippen molar-refractivity contribution in [3.05, 3.63) is 28.2 Å². The Kier molecular flexibility index (Phi) is 5.28. The topological polar surface area (TPSA) is 15.3 Å². The summed E-state index contributed by atoms with van der Waals surface area (Å²) in [6, 6.07) is 6.69. The van der Waals surface area contributed by atoms with Crippen LogP contribution in [-0.4, -0.2) is 26.2 Å². The van der Waals surface area contributed by atoms with Gasteiger partial charge in [-0.15, -0.1) is 0 Å². The molecule has 0 saturated carbocycles. The zero-order valence-corrected chi connectivity index (χ0v) is 13.8. The lowest BCUT2D eigenvalue weighted by Gasteiger charge is -2.20. The Morgan fingerprint density at radius 1 is 1.42 bits per heavy atom. The van der Waals surface area contributed by atoms with Gasteiger partial charge >= 0.3 is 0 Å². The van der Waals surface area contributed by atoms with Crippen LogP contribution in [-0.2, 0) is 0 Å². The molecule has 0 bridgehead atoms. The van der Waals surface area contributed by atoms with E-state index in [-0.39, 0.29) is 0 Å². The van der Waals surface area contributed by atoms with Crippen molar-refractivity contribution in [3.8, 4) is 0 Å². The highest BCUT2D eigenvalue weighted by atomic mass is 79.9. The van der Waals surface area contributed by atoms with Crippen molar-refractivity contribution in [1.29, 1.82) is 0 Å². The van der Waals surface area contributed by atoms with Crippen LogP contribution >= 0.6 is 15.9 Å². The van der Waals surface area contributed by atoms with Gasteiger partial charge in [-0.25, -0.2) is 0 Å². The Balaban J connectivity index is 1.85. The van der Waals surface area contributed by atoms with E-state index in [9.17, 15) is 0 Å². The average Bonchev–Trinajstić information content (AvgIpc) is 2.81. The number of aryl methyl sites for hydroxylation is 1. The number of nitrogens with zero attached hydrogens (tertiary/aromatic N) is 1. The zero-order chi connectivity index (χ0) is 13.8. The van der Waals surface area contributed by atoms with Crippen molar-refractivity contribution in [2.24, 2.45) is 11.8 Å². The lowest BCUT2D eigenvalue weighted by molar-refractivity contribution is 0.477. The van der Waals surface area contributed by atoms with Crippen molar-refractivity contribution in [2.45, 2.75) is 27.2 Å². The summed E-state index contributed by atoms with van der Waals surface area (Å²) in [7, 11) is 0. The monoisotopic (exact) mass is 324 g/mol. The minimum atomic E-state index is 0.741. The van der Waals surface area contributed by atoms with Crippen molar-refractivity contribution in [3.63, 3.8) is 0 Å². The molecule has 0 aromatic heterocycles. The molecule has 0 spiro atoms. The van der Waals surface area contributed by atoms with Crippen LogP contribution in [0.5, 0.6) is 0 Å². The molecule has 106 valence electrons. The molecule has 2 rings (SSSR count). The van der Waals surface area contributed by atoms with Gasteiger partial charge in [0.25, 0.3) is 0 Å². The third kappa shape index (κ3) is 4.22.